The van der Waals surface area contributed by atoms with E-state index in [1.54, 1.807) is 12.1 Å². The van der Waals surface area contributed by atoms with Crippen molar-refractivity contribution in [1.82, 2.24) is 5.32 Å². The molecule has 0 spiro atoms. The molecule has 1 aromatic carbocycles. The highest BCUT2D eigenvalue weighted by atomic mass is 19.1. The molecule has 94 valence electrons. The molecule has 0 amide bonds. The number of rotatable bonds is 5. The summed E-state index contributed by atoms with van der Waals surface area (Å²) in [6.07, 6.45) is 6.35. The van der Waals surface area contributed by atoms with Gasteiger partial charge in [0.2, 0.25) is 0 Å². The first kappa shape index (κ1) is 12.6. The molecule has 0 heterocycles. The van der Waals surface area contributed by atoms with Gasteiger partial charge in [-0.05, 0) is 49.4 Å². The summed E-state index contributed by atoms with van der Waals surface area (Å²) in [7, 11) is 0. The quantitative estimate of drug-likeness (QED) is 0.823. The molecule has 1 N–H and O–H groups in total. The molecule has 0 aromatic heterocycles. The second-order valence-electron chi connectivity index (χ2n) is 5.04. The Hall–Kier alpha value is -0.890. The van der Waals surface area contributed by atoms with Gasteiger partial charge in [0.1, 0.15) is 5.82 Å². The van der Waals surface area contributed by atoms with Gasteiger partial charge in [-0.2, -0.15) is 0 Å². The van der Waals surface area contributed by atoms with Gasteiger partial charge in [-0.25, -0.2) is 4.39 Å². The first-order valence-corrected chi connectivity index (χ1v) is 6.77. The highest BCUT2D eigenvalue weighted by Gasteiger charge is 2.24. The molecular weight excluding hydrogens is 213 g/mol. The van der Waals surface area contributed by atoms with Crippen LogP contribution in [0.5, 0.6) is 0 Å². The van der Waals surface area contributed by atoms with Crippen molar-refractivity contribution in [2.75, 3.05) is 6.54 Å². The van der Waals surface area contributed by atoms with E-state index >= 15 is 0 Å². The molecule has 1 aliphatic rings. The van der Waals surface area contributed by atoms with E-state index in [1.807, 2.05) is 12.1 Å². The fourth-order valence-corrected chi connectivity index (χ4v) is 2.85. The lowest BCUT2D eigenvalue weighted by Crippen LogP contribution is -2.33. The summed E-state index contributed by atoms with van der Waals surface area (Å²) in [4.78, 5) is 0. The minimum atomic E-state index is -0.149. The molecule has 1 aromatic rings. The van der Waals surface area contributed by atoms with Gasteiger partial charge >= 0.3 is 0 Å². The van der Waals surface area contributed by atoms with Crippen LogP contribution >= 0.6 is 0 Å². The maximum absolute atomic E-state index is 12.7. The Balaban J connectivity index is 1.74. The summed E-state index contributed by atoms with van der Waals surface area (Å²) in [5.41, 5.74) is 1.21. The third-order valence-electron chi connectivity index (χ3n) is 3.92. The monoisotopic (exact) mass is 235 g/mol. The van der Waals surface area contributed by atoms with Gasteiger partial charge in [0, 0.05) is 6.04 Å². The van der Waals surface area contributed by atoms with Crippen molar-refractivity contribution in [2.45, 2.75) is 45.1 Å². The van der Waals surface area contributed by atoms with Crippen LogP contribution in [-0.2, 0) is 6.42 Å². The standard InChI is InChI=1S/C15H22FN/c1-2-13-4-3-5-15(13)17-11-10-12-6-8-14(16)9-7-12/h6-9,13,15,17H,2-5,10-11H2,1H3. The molecule has 1 aliphatic carbocycles. The molecule has 1 nitrogen and oxygen atoms in total. The number of hydrogen-bond acceptors (Lipinski definition) is 1. The molecule has 0 saturated heterocycles. The molecule has 0 aliphatic heterocycles. The van der Waals surface area contributed by atoms with Crippen LogP contribution in [0.4, 0.5) is 4.39 Å². The van der Waals surface area contributed by atoms with Gasteiger partial charge in [0.05, 0.1) is 0 Å². The summed E-state index contributed by atoms with van der Waals surface area (Å²) < 4.78 is 12.7. The summed E-state index contributed by atoms with van der Waals surface area (Å²) in [6, 6.07) is 7.55. The van der Waals surface area contributed by atoms with E-state index in [9.17, 15) is 4.39 Å². The molecule has 2 unspecified atom stereocenters. The number of hydrogen-bond donors (Lipinski definition) is 1. The van der Waals surface area contributed by atoms with Crippen LogP contribution in [0.2, 0.25) is 0 Å². The molecule has 0 radical (unpaired) electrons. The van der Waals surface area contributed by atoms with E-state index in [0.29, 0.717) is 6.04 Å². The second-order valence-corrected chi connectivity index (χ2v) is 5.04. The van der Waals surface area contributed by atoms with Crippen LogP contribution < -0.4 is 5.32 Å². The zero-order chi connectivity index (χ0) is 12.1. The fourth-order valence-electron chi connectivity index (χ4n) is 2.85. The molecule has 2 atom stereocenters. The van der Waals surface area contributed by atoms with E-state index in [4.69, 9.17) is 0 Å². The summed E-state index contributed by atoms with van der Waals surface area (Å²) >= 11 is 0. The summed E-state index contributed by atoms with van der Waals surface area (Å²) in [5, 5.41) is 3.65. The summed E-state index contributed by atoms with van der Waals surface area (Å²) in [6.45, 7) is 3.29. The highest BCUT2D eigenvalue weighted by Crippen LogP contribution is 2.27. The molecule has 2 rings (SSSR count). The smallest absolute Gasteiger partial charge is 0.123 e. The van der Waals surface area contributed by atoms with Crippen LogP contribution in [-0.4, -0.2) is 12.6 Å². The molecule has 1 saturated carbocycles. The Morgan fingerprint density at radius 2 is 2.00 bits per heavy atom. The van der Waals surface area contributed by atoms with Crippen molar-refractivity contribution >= 4 is 0 Å². The Kier molecular flexibility index (Phi) is 4.55. The van der Waals surface area contributed by atoms with E-state index in [2.05, 4.69) is 12.2 Å². The maximum atomic E-state index is 12.7. The van der Waals surface area contributed by atoms with Crippen LogP contribution in [0.1, 0.15) is 38.2 Å². The largest absolute Gasteiger partial charge is 0.313 e. The Morgan fingerprint density at radius 3 is 2.71 bits per heavy atom. The van der Waals surface area contributed by atoms with Gasteiger partial charge in [-0.3, -0.25) is 0 Å². The highest BCUT2D eigenvalue weighted by molar-refractivity contribution is 5.16. The van der Waals surface area contributed by atoms with Crippen molar-refractivity contribution in [3.8, 4) is 0 Å². The number of halogens is 1. The van der Waals surface area contributed by atoms with E-state index in [1.165, 1.54) is 31.2 Å². The van der Waals surface area contributed by atoms with Crippen LogP contribution in [0.15, 0.2) is 24.3 Å². The first-order chi connectivity index (χ1) is 8.29. The minimum absolute atomic E-state index is 0.149. The van der Waals surface area contributed by atoms with Gasteiger partial charge in [-0.15, -0.1) is 0 Å². The predicted molar refractivity (Wildman–Crippen MR) is 69.5 cm³/mol. The van der Waals surface area contributed by atoms with Crippen LogP contribution in [0.3, 0.4) is 0 Å². The van der Waals surface area contributed by atoms with Crippen molar-refractivity contribution in [1.29, 1.82) is 0 Å². The van der Waals surface area contributed by atoms with E-state index in [-0.39, 0.29) is 5.82 Å². The van der Waals surface area contributed by atoms with Crippen LogP contribution in [0.25, 0.3) is 0 Å². The Morgan fingerprint density at radius 1 is 1.24 bits per heavy atom. The molecule has 0 bridgehead atoms. The van der Waals surface area contributed by atoms with Gasteiger partial charge in [0.25, 0.3) is 0 Å². The lowest BCUT2D eigenvalue weighted by atomic mass is 10.0. The van der Waals surface area contributed by atoms with Crippen molar-refractivity contribution in [2.24, 2.45) is 5.92 Å². The number of nitrogens with one attached hydrogen (secondary N) is 1. The topological polar surface area (TPSA) is 12.0 Å². The SMILES string of the molecule is CCC1CCCC1NCCc1ccc(F)cc1. The number of benzene rings is 1. The normalized spacial score (nSPS) is 24.1. The predicted octanol–water partition coefficient (Wildman–Crippen LogP) is 3.54. The van der Waals surface area contributed by atoms with Gasteiger partial charge in [-0.1, -0.05) is 31.9 Å². The van der Waals surface area contributed by atoms with Crippen molar-refractivity contribution in [3.05, 3.63) is 35.6 Å². The first-order valence-electron chi connectivity index (χ1n) is 6.77. The summed E-state index contributed by atoms with van der Waals surface area (Å²) in [5.74, 6) is 0.715. The van der Waals surface area contributed by atoms with Gasteiger partial charge in [0.15, 0.2) is 0 Å². The molecule has 17 heavy (non-hydrogen) atoms. The molecule has 1 fully saturated rings. The zero-order valence-corrected chi connectivity index (χ0v) is 10.6. The average molecular weight is 235 g/mol. The van der Waals surface area contributed by atoms with Gasteiger partial charge < -0.3 is 5.32 Å². The molecule has 2 heteroatoms. The van der Waals surface area contributed by atoms with Crippen molar-refractivity contribution < 1.29 is 4.39 Å². The Labute approximate surface area is 103 Å². The third kappa shape index (κ3) is 3.53. The second kappa shape index (κ2) is 6.15. The average Bonchev–Trinajstić information content (AvgIpc) is 2.79. The molecular formula is C15H22FN. The minimum Gasteiger partial charge on any atom is -0.313 e. The third-order valence-corrected chi connectivity index (χ3v) is 3.92. The van der Waals surface area contributed by atoms with E-state index in [0.717, 1.165) is 18.9 Å². The van der Waals surface area contributed by atoms with E-state index < -0.39 is 0 Å². The maximum Gasteiger partial charge on any atom is 0.123 e. The van der Waals surface area contributed by atoms with Crippen LogP contribution in [0, 0.1) is 11.7 Å². The zero-order valence-electron chi connectivity index (χ0n) is 10.6. The Bertz CT molecular complexity index is 333. The fraction of sp³-hybridized carbons (Fsp3) is 0.600. The lowest BCUT2D eigenvalue weighted by Gasteiger charge is -2.19. The lowest BCUT2D eigenvalue weighted by molar-refractivity contribution is 0.393. The van der Waals surface area contributed by atoms with Crippen molar-refractivity contribution in [3.63, 3.8) is 0 Å².